The highest BCUT2D eigenvalue weighted by molar-refractivity contribution is 5.80. The van der Waals surface area contributed by atoms with Crippen molar-refractivity contribution in [3.05, 3.63) is 29.7 Å². The smallest absolute Gasteiger partial charge is 0.183 e. The standard InChI is InChI=1S/C14H19N7O/c1-7(2)10(16-5-9-4-8(3)21-22-9)14-19-12(15)11-13(20-14)18-6-17-11/h4,6-7,10,16H,5H2,1-3H3,(H3,15,17,18,19,20). The molecule has 0 amide bonds. The summed E-state index contributed by atoms with van der Waals surface area (Å²) in [5.41, 5.74) is 8.07. The van der Waals surface area contributed by atoms with E-state index in [1.165, 1.54) is 0 Å². The normalized spacial score (nSPS) is 13.1. The number of aryl methyl sites for hydroxylation is 1. The summed E-state index contributed by atoms with van der Waals surface area (Å²) in [6.07, 6.45) is 1.56. The second-order valence-electron chi connectivity index (χ2n) is 5.61. The van der Waals surface area contributed by atoms with Crippen LogP contribution >= 0.6 is 0 Å². The van der Waals surface area contributed by atoms with Crippen molar-refractivity contribution < 1.29 is 4.52 Å². The van der Waals surface area contributed by atoms with Crippen LogP contribution in [0.5, 0.6) is 0 Å². The van der Waals surface area contributed by atoms with E-state index in [1.807, 2.05) is 13.0 Å². The first-order valence-corrected chi connectivity index (χ1v) is 7.16. The van der Waals surface area contributed by atoms with Crippen LogP contribution in [0.25, 0.3) is 11.2 Å². The zero-order chi connectivity index (χ0) is 15.7. The largest absolute Gasteiger partial charge is 0.382 e. The molecule has 4 N–H and O–H groups in total. The van der Waals surface area contributed by atoms with Crippen molar-refractivity contribution in [2.75, 3.05) is 5.73 Å². The average Bonchev–Trinajstić information content (AvgIpc) is 3.08. The van der Waals surface area contributed by atoms with E-state index >= 15 is 0 Å². The van der Waals surface area contributed by atoms with Crippen molar-refractivity contribution in [1.82, 2.24) is 30.4 Å². The molecule has 0 radical (unpaired) electrons. The van der Waals surface area contributed by atoms with E-state index in [9.17, 15) is 0 Å². The summed E-state index contributed by atoms with van der Waals surface area (Å²) in [5.74, 6) is 2.08. The molecule has 3 aromatic heterocycles. The number of nitrogens with two attached hydrogens (primary N) is 1. The molecule has 116 valence electrons. The van der Waals surface area contributed by atoms with Gasteiger partial charge in [-0.2, -0.15) is 0 Å². The average molecular weight is 301 g/mol. The highest BCUT2D eigenvalue weighted by atomic mass is 16.5. The van der Waals surface area contributed by atoms with Crippen LogP contribution in [0.15, 0.2) is 16.9 Å². The summed E-state index contributed by atoms with van der Waals surface area (Å²) in [7, 11) is 0. The number of anilines is 1. The number of aromatic nitrogens is 5. The van der Waals surface area contributed by atoms with Gasteiger partial charge in [0.15, 0.2) is 23.0 Å². The lowest BCUT2D eigenvalue weighted by atomic mass is 10.0. The summed E-state index contributed by atoms with van der Waals surface area (Å²) in [4.78, 5) is 16.0. The lowest BCUT2D eigenvalue weighted by Crippen LogP contribution is -2.27. The highest BCUT2D eigenvalue weighted by Crippen LogP contribution is 2.22. The summed E-state index contributed by atoms with van der Waals surface area (Å²) < 4.78 is 5.22. The number of nitrogens with one attached hydrogen (secondary N) is 2. The van der Waals surface area contributed by atoms with E-state index in [0.717, 1.165) is 11.5 Å². The minimum absolute atomic E-state index is 0.0613. The SMILES string of the molecule is Cc1cc(CNC(c2nc(N)c3[nH]cnc3n2)C(C)C)on1. The van der Waals surface area contributed by atoms with Crippen molar-refractivity contribution in [3.8, 4) is 0 Å². The lowest BCUT2D eigenvalue weighted by molar-refractivity contribution is 0.335. The summed E-state index contributed by atoms with van der Waals surface area (Å²) in [6, 6.07) is 1.84. The third kappa shape index (κ3) is 2.77. The van der Waals surface area contributed by atoms with Gasteiger partial charge >= 0.3 is 0 Å². The minimum atomic E-state index is -0.0613. The van der Waals surface area contributed by atoms with Crippen molar-refractivity contribution in [2.24, 2.45) is 5.92 Å². The van der Waals surface area contributed by atoms with Crippen LogP contribution in [0.1, 0.15) is 37.2 Å². The fourth-order valence-corrected chi connectivity index (χ4v) is 2.35. The Morgan fingerprint density at radius 3 is 2.86 bits per heavy atom. The predicted octanol–water partition coefficient (Wildman–Crippen LogP) is 1.72. The van der Waals surface area contributed by atoms with Gasteiger partial charge in [-0.15, -0.1) is 0 Å². The molecular formula is C14H19N7O. The van der Waals surface area contributed by atoms with Gasteiger partial charge in [0.2, 0.25) is 0 Å². The van der Waals surface area contributed by atoms with Gasteiger partial charge in [-0.1, -0.05) is 19.0 Å². The van der Waals surface area contributed by atoms with E-state index in [1.54, 1.807) is 6.33 Å². The summed E-state index contributed by atoms with van der Waals surface area (Å²) >= 11 is 0. The number of aromatic amines is 1. The van der Waals surface area contributed by atoms with Gasteiger partial charge in [0.25, 0.3) is 0 Å². The van der Waals surface area contributed by atoms with E-state index < -0.39 is 0 Å². The zero-order valence-electron chi connectivity index (χ0n) is 12.8. The number of nitrogens with zero attached hydrogens (tertiary/aromatic N) is 4. The van der Waals surface area contributed by atoms with E-state index in [0.29, 0.717) is 29.4 Å². The molecule has 1 atom stereocenters. The number of imidazole rings is 1. The van der Waals surface area contributed by atoms with Gasteiger partial charge in [0.1, 0.15) is 5.52 Å². The minimum Gasteiger partial charge on any atom is -0.382 e. The highest BCUT2D eigenvalue weighted by Gasteiger charge is 2.21. The van der Waals surface area contributed by atoms with Gasteiger partial charge in [-0.25, -0.2) is 15.0 Å². The molecule has 0 aliphatic heterocycles. The second kappa shape index (κ2) is 5.72. The fraction of sp³-hybridized carbons (Fsp3) is 0.429. The molecule has 0 saturated carbocycles. The first-order chi connectivity index (χ1) is 10.5. The molecule has 3 heterocycles. The molecule has 0 fully saturated rings. The molecule has 3 aromatic rings. The topological polar surface area (TPSA) is 119 Å². The Hall–Kier alpha value is -2.48. The van der Waals surface area contributed by atoms with Gasteiger partial charge in [0.05, 0.1) is 24.6 Å². The Bertz CT molecular complexity index is 776. The number of nitrogen functional groups attached to an aromatic ring is 1. The van der Waals surface area contributed by atoms with Gasteiger partial charge in [0, 0.05) is 6.07 Å². The summed E-state index contributed by atoms with van der Waals surface area (Å²) in [5, 5.41) is 7.28. The van der Waals surface area contributed by atoms with E-state index in [4.69, 9.17) is 10.3 Å². The van der Waals surface area contributed by atoms with Gasteiger partial charge in [-0.05, 0) is 12.8 Å². The van der Waals surface area contributed by atoms with E-state index in [2.05, 4.69) is 44.3 Å². The van der Waals surface area contributed by atoms with Crippen LogP contribution < -0.4 is 11.1 Å². The molecule has 3 rings (SSSR count). The number of hydrogen-bond acceptors (Lipinski definition) is 7. The third-order valence-electron chi connectivity index (χ3n) is 3.45. The Balaban J connectivity index is 1.85. The molecule has 22 heavy (non-hydrogen) atoms. The second-order valence-corrected chi connectivity index (χ2v) is 5.61. The molecule has 0 aliphatic rings. The Kier molecular flexibility index (Phi) is 3.76. The molecule has 0 spiro atoms. The number of H-pyrrole nitrogens is 1. The fourth-order valence-electron chi connectivity index (χ4n) is 2.35. The predicted molar refractivity (Wildman–Crippen MR) is 81.8 cm³/mol. The Labute approximate surface area is 127 Å². The van der Waals surface area contributed by atoms with Crippen molar-refractivity contribution in [2.45, 2.75) is 33.4 Å². The molecule has 0 aliphatic carbocycles. The van der Waals surface area contributed by atoms with Crippen LogP contribution in [0.3, 0.4) is 0 Å². The molecule has 1 unspecified atom stereocenters. The monoisotopic (exact) mass is 301 g/mol. The first-order valence-electron chi connectivity index (χ1n) is 7.16. The molecule has 8 heteroatoms. The van der Waals surface area contributed by atoms with Crippen molar-refractivity contribution in [1.29, 1.82) is 0 Å². The van der Waals surface area contributed by atoms with Crippen LogP contribution in [-0.4, -0.2) is 25.1 Å². The summed E-state index contributed by atoms with van der Waals surface area (Å²) in [6.45, 7) is 6.63. The van der Waals surface area contributed by atoms with Crippen LogP contribution in [0, 0.1) is 12.8 Å². The van der Waals surface area contributed by atoms with E-state index in [-0.39, 0.29) is 12.0 Å². The zero-order valence-corrected chi connectivity index (χ0v) is 12.8. The number of fused-ring (bicyclic) bond motifs is 1. The molecular weight excluding hydrogens is 282 g/mol. The van der Waals surface area contributed by atoms with Crippen LogP contribution in [0.2, 0.25) is 0 Å². The molecule has 0 bridgehead atoms. The molecule has 8 nitrogen and oxygen atoms in total. The Morgan fingerprint density at radius 1 is 1.36 bits per heavy atom. The third-order valence-corrected chi connectivity index (χ3v) is 3.45. The maximum atomic E-state index is 5.97. The number of hydrogen-bond donors (Lipinski definition) is 3. The van der Waals surface area contributed by atoms with Gasteiger partial charge in [-0.3, -0.25) is 5.32 Å². The number of rotatable bonds is 5. The van der Waals surface area contributed by atoms with Crippen molar-refractivity contribution in [3.63, 3.8) is 0 Å². The maximum Gasteiger partial charge on any atom is 0.183 e. The molecule has 0 saturated heterocycles. The first kappa shape index (κ1) is 14.5. The van der Waals surface area contributed by atoms with Gasteiger partial charge < -0.3 is 15.2 Å². The van der Waals surface area contributed by atoms with Crippen molar-refractivity contribution >= 4 is 17.0 Å². The lowest BCUT2D eigenvalue weighted by Gasteiger charge is -2.20. The molecule has 0 aromatic carbocycles. The maximum absolute atomic E-state index is 5.97. The quantitative estimate of drug-likeness (QED) is 0.656. The van der Waals surface area contributed by atoms with Crippen LogP contribution in [0.4, 0.5) is 5.82 Å². The van der Waals surface area contributed by atoms with Crippen LogP contribution in [-0.2, 0) is 6.54 Å². The Morgan fingerprint density at radius 2 is 2.18 bits per heavy atom.